The molecule has 1 amide bonds. The van der Waals surface area contributed by atoms with Crippen molar-refractivity contribution in [2.24, 2.45) is 0 Å². The zero-order chi connectivity index (χ0) is 28.4. The first kappa shape index (κ1) is 27.5. The van der Waals surface area contributed by atoms with Gasteiger partial charge in [0.25, 0.3) is 5.91 Å². The number of fused-ring (bicyclic) bond motifs is 1. The number of carbonyl (C=O) groups is 1. The Morgan fingerprint density at radius 3 is 2.46 bits per heavy atom. The summed E-state index contributed by atoms with van der Waals surface area (Å²) in [6, 6.07) is 19.4. The van der Waals surface area contributed by atoms with Crippen molar-refractivity contribution in [3.63, 3.8) is 0 Å². The Kier molecular flexibility index (Phi) is 7.84. The predicted octanol–water partition coefficient (Wildman–Crippen LogP) is 4.78. The molecule has 4 heterocycles. The number of pyridine rings is 1. The summed E-state index contributed by atoms with van der Waals surface area (Å²) in [6.45, 7) is 4.15. The lowest BCUT2D eigenvalue weighted by Crippen LogP contribution is -2.45. The van der Waals surface area contributed by atoms with Crippen molar-refractivity contribution in [3.8, 4) is 0 Å². The highest BCUT2D eigenvalue weighted by Crippen LogP contribution is 2.38. The van der Waals surface area contributed by atoms with Crippen LogP contribution >= 0.6 is 11.6 Å². The van der Waals surface area contributed by atoms with E-state index in [0.717, 1.165) is 74.4 Å². The smallest absolute Gasteiger partial charge is 0.254 e. The van der Waals surface area contributed by atoms with Crippen LogP contribution in [0.15, 0.2) is 66.9 Å². The van der Waals surface area contributed by atoms with Gasteiger partial charge in [0, 0.05) is 47.5 Å². The average Bonchev–Trinajstić information content (AvgIpc) is 3.29. The number of benzene rings is 2. The van der Waals surface area contributed by atoms with Crippen LogP contribution in [0.3, 0.4) is 0 Å². The molecule has 2 aromatic heterocycles. The van der Waals surface area contributed by atoms with Crippen LogP contribution in [0.25, 0.3) is 5.65 Å². The zero-order valence-electron chi connectivity index (χ0n) is 23.3. The van der Waals surface area contributed by atoms with Crippen molar-refractivity contribution in [1.82, 2.24) is 24.4 Å². The molecule has 6 rings (SSSR count). The van der Waals surface area contributed by atoms with Gasteiger partial charge in [-0.05, 0) is 93.4 Å². The minimum Gasteiger partial charge on any atom is -0.395 e. The topological polar surface area (TPSA) is 89.2 Å². The lowest BCUT2D eigenvalue weighted by molar-refractivity contribution is 0.0687. The first-order valence-electron chi connectivity index (χ1n) is 14.3. The molecule has 0 unspecified atom stereocenters. The fraction of sp³-hybridized carbons (Fsp3) is 0.387. The zero-order valence-corrected chi connectivity index (χ0v) is 24.1. The number of nitrogens with one attached hydrogen (secondary N) is 1. The van der Waals surface area contributed by atoms with E-state index >= 15 is 0 Å². The summed E-state index contributed by atoms with van der Waals surface area (Å²) < 4.78 is 1.79. The lowest BCUT2D eigenvalue weighted by Gasteiger charge is -2.42. The minimum absolute atomic E-state index is 0.0589. The van der Waals surface area contributed by atoms with Gasteiger partial charge < -0.3 is 20.2 Å². The van der Waals surface area contributed by atoms with Crippen molar-refractivity contribution >= 4 is 40.5 Å². The predicted molar refractivity (Wildman–Crippen MR) is 162 cm³/mol. The molecule has 0 radical (unpaired) electrons. The van der Waals surface area contributed by atoms with E-state index in [0.29, 0.717) is 23.2 Å². The fourth-order valence-electron chi connectivity index (χ4n) is 6.00. The third-order valence-corrected chi connectivity index (χ3v) is 8.72. The second kappa shape index (κ2) is 11.7. The number of amides is 1. The van der Waals surface area contributed by atoms with Crippen LogP contribution in [0.5, 0.6) is 0 Å². The summed E-state index contributed by atoms with van der Waals surface area (Å²) in [5.41, 5.74) is 4.14. The number of aliphatic hydroxyl groups is 1. The molecule has 0 saturated carbocycles. The molecule has 2 fully saturated rings. The Bertz CT molecular complexity index is 1500. The molecule has 9 nitrogen and oxygen atoms in total. The number of aromatic nitrogens is 3. The molecule has 0 spiro atoms. The normalized spacial score (nSPS) is 17.9. The number of anilines is 3. The van der Waals surface area contributed by atoms with E-state index in [-0.39, 0.29) is 17.9 Å². The average molecular weight is 574 g/mol. The van der Waals surface area contributed by atoms with Crippen LogP contribution in [-0.4, -0.2) is 81.9 Å². The van der Waals surface area contributed by atoms with Gasteiger partial charge in [0.05, 0.1) is 19.0 Å². The molecule has 2 N–H and O–H groups in total. The molecular formula is C31H36ClN7O2. The first-order chi connectivity index (χ1) is 19.9. The third kappa shape index (κ3) is 5.75. The van der Waals surface area contributed by atoms with Gasteiger partial charge in [-0.25, -0.2) is 4.52 Å². The molecule has 41 heavy (non-hydrogen) atoms. The van der Waals surface area contributed by atoms with E-state index in [1.54, 1.807) is 4.52 Å². The van der Waals surface area contributed by atoms with Crippen molar-refractivity contribution in [2.75, 3.05) is 56.7 Å². The number of aliphatic hydroxyl groups excluding tert-OH is 1. The number of piperidine rings is 1. The van der Waals surface area contributed by atoms with E-state index in [9.17, 15) is 9.90 Å². The number of carbonyl (C=O) groups excluding carboxylic acids is 1. The van der Waals surface area contributed by atoms with Gasteiger partial charge in [-0.2, -0.15) is 4.98 Å². The van der Waals surface area contributed by atoms with Crippen LogP contribution in [0.4, 0.5) is 17.3 Å². The van der Waals surface area contributed by atoms with Crippen LogP contribution in [0, 0.1) is 0 Å². The van der Waals surface area contributed by atoms with Gasteiger partial charge in [-0.1, -0.05) is 23.7 Å². The molecular weight excluding hydrogens is 538 g/mol. The maximum absolute atomic E-state index is 13.1. The molecule has 2 aliphatic rings. The van der Waals surface area contributed by atoms with Gasteiger partial charge in [0.2, 0.25) is 5.95 Å². The highest BCUT2D eigenvalue weighted by molar-refractivity contribution is 6.30. The number of halogens is 1. The maximum atomic E-state index is 13.1. The quantitative estimate of drug-likeness (QED) is 0.343. The summed E-state index contributed by atoms with van der Waals surface area (Å²) in [5.74, 6) is 0.553. The summed E-state index contributed by atoms with van der Waals surface area (Å²) >= 11 is 6.10. The molecule has 0 atom stereocenters. The van der Waals surface area contributed by atoms with Crippen LogP contribution in [0.2, 0.25) is 5.02 Å². The summed E-state index contributed by atoms with van der Waals surface area (Å²) in [6.07, 6.45) is 5.68. The largest absolute Gasteiger partial charge is 0.395 e. The first-order valence-corrected chi connectivity index (χ1v) is 14.6. The van der Waals surface area contributed by atoms with Crippen LogP contribution in [-0.2, 0) is 5.41 Å². The van der Waals surface area contributed by atoms with E-state index in [1.807, 2.05) is 65.7 Å². The second-order valence-electron chi connectivity index (χ2n) is 11.2. The van der Waals surface area contributed by atoms with Gasteiger partial charge in [-0.15, -0.1) is 5.10 Å². The molecule has 0 aliphatic carbocycles. The van der Waals surface area contributed by atoms with Crippen LogP contribution < -0.4 is 10.2 Å². The molecule has 4 aromatic rings. The molecule has 214 valence electrons. The Morgan fingerprint density at radius 1 is 1.00 bits per heavy atom. The van der Waals surface area contributed by atoms with Crippen molar-refractivity contribution < 1.29 is 9.90 Å². The van der Waals surface area contributed by atoms with E-state index < -0.39 is 0 Å². The SMILES string of the molecule is CN1CCCCN(C(=O)c2ccc(Nc3nc4c(N5CCC(CO)(c6ccc(Cl)cc6)CC5)cccn4n3)cc2)C1. The standard InChI is InChI=1S/C31H36ClN7O2/c1-36-16-2-3-17-38(22-36)29(41)23-6-12-26(13-7-23)33-30-34-28-27(5-4-18-39(28)35-30)37-19-14-31(21-40,15-20-37)24-8-10-25(32)11-9-24/h4-13,18,40H,2-3,14-17,19-22H2,1H3,(H,33,35). The Balaban J connectivity index is 1.15. The van der Waals surface area contributed by atoms with Crippen molar-refractivity contribution in [3.05, 3.63) is 83.0 Å². The molecule has 2 aliphatic heterocycles. The Morgan fingerprint density at radius 2 is 1.73 bits per heavy atom. The van der Waals surface area contributed by atoms with Gasteiger partial charge in [0.1, 0.15) is 0 Å². The second-order valence-corrected chi connectivity index (χ2v) is 11.7. The third-order valence-electron chi connectivity index (χ3n) is 8.47. The number of hydrogen-bond acceptors (Lipinski definition) is 7. The number of rotatable bonds is 6. The molecule has 2 saturated heterocycles. The monoisotopic (exact) mass is 573 g/mol. The van der Waals surface area contributed by atoms with E-state index in [4.69, 9.17) is 16.6 Å². The minimum atomic E-state index is -0.275. The van der Waals surface area contributed by atoms with Gasteiger partial charge >= 0.3 is 0 Å². The summed E-state index contributed by atoms with van der Waals surface area (Å²) in [5, 5.41) is 19.0. The molecule has 10 heteroatoms. The highest BCUT2D eigenvalue weighted by atomic mass is 35.5. The summed E-state index contributed by atoms with van der Waals surface area (Å²) in [7, 11) is 2.06. The fourth-order valence-corrected chi connectivity index (χ4v) is 6.13. The van der Waals surface area contributed by atoms with E-state index in [1.165, 1.54) is 0 Å². The van der Waals surface area contributed by atoms with Crippen molar-refractivity contribution in [2.45, 2.75) is 31.1 Å². The lowest BCUT2D eigenvalue weighted by atomic mass is 9.73. The number of nitrogens with zero attached hydrogens (tertiary/aromatic N) is 6. The highest BCUT2D eigenvalue weighted by Gasteiger charge is 2.36. The maximum Gasteiger partial charge on any atom is 0.254 e. The molecule has 0 bridgehead atoms. The van der Waals surface area contributed by atoms with Gasteiger partial charge in [-0.3, -0.25) is 9.69 Å². The summed E-state index contributed by atoms with van der Waals surface area (Å²) in [4.78, 5) is 24.3. The Hall–Kier alpha value is -3.66. The van der Waals surface area contributed by atoms with Gasteiger partial charge in [0.15, 0.2) is 5.65 Å². The van der Waals surface area contributed by atoms with E-state index in [2.05, 4.69) is 33.3 Å². The Labute approximate surface area is 245 Å². The molecule has 2 aromatic carbocycles. The number of hydrogen-bond donors (Lipinski definition) is 2. The van der Waals surface area contributed by atoms with Crippen molar-refractivity contribution in [1.29, 1.82) is 0 Å². The van der Waals surface area contributed by atoms with Crippen LogP contribution in [0.1, 0.15) is 41.6 Å².